The van der Waals surface area contributed by atoms with E-state index >= 15 is 0 Å². The first-order valence-corrected chi connectivity index (χ1v) is 13.0. The van der Waals surface area contributed by atoms with E-state index in [1.165, 1.54) is 30.1 Å². The highest BCUT2D eigenvalue weighted by molar-refractivity contribution is 9.10. The molecular formula is C26H23BrN2O7S. The number of carbonyl (C=O) groups excluding carboxylic acids is 1. The second-order valence-electron chi connectivity index (χ2n) is 8.14. The summed E-state index contributed by atoms with van der Waals surface area (Å²) in [5.74, 6) is 1.70. The largest absolute Gasteiger partial charge is 0.493 e. The van der Waals surface area contributed by atoms with E-state index in [1.807, 2.05) is 12.1 Å². The van der Waals surface area contributed by atoms with Crippen LogP contribution in [0.3, 0.4) is 0 Å². The van der Waals surface area contributed by atoms with Crippen molar-refractivity contribution in [2.45, 2.75) is 19.9 Å². The summed E-state index contributed by atoms with van der Waals surface area (Å²) in [4.78, 5) is 32.1. The lowest BCUT2D eigenvalue weighted by atomic mass is 9.95. The highest BCUT2D eigenvalue weighted by atomic mass is 79.9. The Balaban J connectivity index is 1.74. The molecule has 2 aliphatic heterocycles. The lowest BCUT2D eigenvalue weighted by Crippen LogP contribution is -2.40. The van der Waals surface area contributed by atoms with Crippen LogP contribution in [-0.2, 0) is 9.53 Å². The van der Waals surface area contributed by atoms with Crippen LogP contribution in [-0.4, -0.2) is 38.2 Å². The molecule has 9 nitrogen and oxygen atoms in total. The van der Waals surface area contributed by atoms with E-state index in [0.29, 0.717) is 48.1 Å². The van der Waals surface area contributed by atoms with Crippen molar-refractivity contribution in [3.63, 3.8) is 0 Å². The van der Waals surface area contributed by atoms with E-state index in [4.69, 9.17) is 23.7 Å². The minimum Gasteiger partial charge on any atom is -0.493 e. The third kappa shape index (κ3) is 4.42. The van der Waals surface area contributed by atoms with Crippen molar-refractivity contribution in [3.8, 4) is 23.0 Å². The predicted octanol–water partition coefficient (Wildman–Crippen LogP) is 3.31. The summed E-state index contributed by atoms with van der Waals surface area (Å²) in [6.07, 6.45) is 1.77. The summed E-state index contributed by atoms with van der Waals surface area (Å²) < 4.78 is 29.8. The van der Waals surface area contributed by atoms with Crippen LogP contribution in [0.4, 0.5) is 0 Å². The van der Waals surface area contributed by atoms with E-state index < -0.39 is 12.0 Å². The maximum Gasteiger partial charge on any atom is 0.338 e. The molecule has 37 heavy (non-hydrogen) atoms. The number of halogens is 1. The van der Waals surface area contributed by atoms with Gasteiger partial charge in [0.05, 0.1) is 42.7 Å². The molecule has 2 aliphatic rings. The number of ether oxygens (including phenoxy) is 5. The van der Waals surface area contributed by atoms with Crippen molar-refractivity contribution in [3.05, 3.63) is 76.9 Å². The first-order valence-electron chi connectivity index (χ1n) is 11.4. The summed E-state index contributed by atoms with van der Waals surface area (Å²) in [5, 5.41) is 0. The number of esters is 1. The molecule has 0 aliphatic carbocycles. The molecular weight excluding hydrogens is 564 g/mol. The number of fused-ring (bicyclic) bond motifs is 2. The SMILES string of the molecule is CCOC(=O)C1=C(C)N=c2s/c(=C/c3ccc4c(c3)OCO4)c(=O)n2[C@@H]1c1cc(OC)c(OC)cc1Br. The maximum atomic E-state index is 13.8. The molecule has 3 heterocycles. The molecule has 1 aromatic heterocycles. The molecule has 0 N–H and O–H groups in total. The van der Waals surface area contributed by atoms with Crippen LogP contribution in [0.2, 0.25) is 0 Å². The maximum absolute atomic E-state index is 13.8. The number of hydrogen-bond acceptors (Lipinski definition) is 9. The third-order valence-corrected chi connectivity index (χ3v) is 7.68. The third-order valence-electron chi connectivity index (χ3n) is 6.01. The van der Waals surface area contributed by atoms with Gasteiger partial charge in [-0.05, 0) is 55.3 Å². The quantitative estimate of drug-likeness (QED) is 0.409. The molecule has 0 bridgehead atoms. The number of thiazole rings is 1. The fourth-order valence-electron chi connectivity index (χ4n) is 4.32. The molecule has 192 valence electrons. The zero-order chi connectivity index (χ0) is 26.3. The highest BCUT2D eigenvalue weighted by Gasteiger charge is 2.35. The van der Waals surface area contributed by atoms with Crippen LogP contribution >= 0.6 is 27.3 Å². The first kappa shape index (κ1) is 25.1. The normalized spacial score (nSPS) is 16.4. The zero-order valence-electron chi connectivity index (χ0n) is 20.5. The topological polar surface area (TPSA) is 97.6 Å². The van der Waals surface area contributed by atoms with Gasteiger partial charge in [0.1, 0.15) is 0 Å². The molecule has 0 amide bonds. The van der Waals surface area contributed by atoms with Gasteiger partial charge in [0, 0.05) is 4.47 Å². The smallest absolute Gasteiger partial charge is 0.338 e. The molecule has 3 aromatic rings. The molecule has 0 unspecified atom stereocenters. The van der Waals surface area contributed by atoms with Crippen LogP contribution in [0.25, 0.3) is 6.08 Å². The van der Waals surface area contributed by atoms with Crippen molar-refractivity contribution >= 4 is 39.3 Å². The number of rotatable bonds is 6. The summed E-state index contributed by atoms with van der Waals surface area (Å²) >= 11 is 4.84. The second kappa shape index (κ2) is 10.1. The van der Waals surface area contributed by atoms with Gasteiger partial charge in [0.15, 0.2) is 27.8 Å². The van der Waals surface area contributed by atoms with Crippen LogP contribution < -0.4 is 33.8 Å². The van der Waals surface area contributed by atoms with Crippen LogP contribution in [0.15, 0.2) is 55.9 Å². The molecule has 0 fully saturated rings. The van der Waals surface area contributed by atoms with E-state index in [-0.39, 0.29) is 24.5 Å². The predicted molar refractivity (Wildman–Crippen MR) is 140 cm³/mol. The Morgan fingerprint density at radius 3 is 2.65 bits per heavy atom. The van der Waals surface area contributed by atoms with Crippen molar-refractivity contribution < 1.29 is 28.5 Å². The number of benzene rings is 2. The van der Waals surface area contributed by atoms with E-state index in [1.54, 1.807) is 38.1 Å². The van der Waals surface area contributed by atoms with Gasteiger partial charge in [0.2, 0.25) is 6.79 Å². The van der Waals surface area contributed by atoms with E-state index in [9.17, 15) is 9.59 Å². The lowest BCUT2D eigenvalue weighted by Gasteiger charge is -2.26. The van der Waals surface area contributed by atoms with E-state index in [0.717, 1.165) is 5.56 Å². The Kier molecular flexibility index (Phi) is 6.82. The second-order valence-corrected chi connectivity index (χ2v) is 10.0. The fourth-order valence-corrected chi connectivity index (χ4v) is 5.91. The molecule has 0 spiro atoms. The summed E-state index contributed by atoms with van der Waals surface area (Å²) in [7, 11) is 3.07. The molecule has 0 saturated heterocycles. The Bertz CT molecular complexity index is 1620. The number of aromatic nitrogens is 1. The molecule has 2 aromatic carbocycles. The van der Waals surface area contributed by atoms with E-state index in [2.05, 4.69) is 20.9 Å². The molecule has 0 radical (unpaired) electrons. The Labute approximate surface area is 224 Å². The van der Waals surface area contributed by atoms with Crippen molar-refractivity contribution in [2.75, 3.05) is 27.6 Å². The zero-order valence-corrected chi connectivity index (χ0v) is 22.9. The Morgan fingerprint density at radius 1 is 1.19 bits per heavy atom. The standard InChI is InChI=1S/C26H23BrN2O7S/c1-5-34-25(31)22-13(2)28-26-29(23(22)15-10-18(32-3)19(33-4)11-16(15)27)24(30)21(37-26)9-14-6-7-17-20(8-14)36-12-35-17/h6-11,23H,5,12H2,1-4H3/b21-9+/t23-/m1/s1. The average molecular weight is 587 g/mol. The van der Waals surface area contributed by atoms with Crippen molar-refractivity contribution in [1.29, 1.82) is 0 Å². The number of carbonyl (C=O) groups is 1. The number of allylic oxidation sites excluding steroid dienone is 1. The van der Waals surface area contributed by atoms with Gasteiger partial charge < -0.3 is 23.7 Å². The minimum absolute atomic E-state index is 0.164. The van der Waals surface area contributed by atoms with Gasteiger partial charge in [-0.15, -0.1) is 0 Å². The lowest BCUT2D eigenvalue weighted by molar-refractivity contribution is -0.139. The average Bonchev–Trinajstić information content (AvgIpc) is 3.47. The van der Waals surface area contributed by atoms with Gasteiger partial charge in [-0.3, -0.25) is 9.36 Å². The molecule has 0 saturated carbocycles. The monoisotopic (exact) mass is 586 g/mol. The number of nitrogens with zero attached hydrogens (tertiary/aromatic N) is 2. The first-order chi connectivity index (χ1) is 17.9. The van der Waals surface area contributed by atoms with Gasteiger partial charge in [-0.1, -0.05) is 33.3 Å². The van der Waals surface area contributed by atoms with Crippen LogP contribution in [0, 0.1) is 0 Å². The number of hydrogen-bond donors (Lipinski definition) is 0. The van der Waals surface area contributed by atoms with Crippen LogP contribution in [0.5, 0.6) is 23.0 Å². The Hall–Kier alpha value is -3.57. The fraction of sp³-hybridized carbons (Fsp3) is 0.269. The van der Waals surface area contributed by atoms with Crippen molar-refractivity contribution in [2.24, 2.45) is 4.99 Å². The number of methoxy groups -OCH3 is 2. The molecule has 5 rings (SSSR count). The Morgan fingerprint density at radius 2 is 1.92 bits per heavy atom. The van der Waals surface area contributed by atoms with Gasteiger partial charge in [-0.2, -0.15) is 0 Å². The minimum atomic E-state index is -0.802. The van der Waals surface area contributed by atoms with Gasteiger partial charge >= 0.3 is 5.97 Å². The highest BCUT2D eigenvalue weighted by Crippen LogP contribution is 2.41. The van der Waals surface area contributed by atoms with Crippen LogP contribution in [0.1, 0.15) is 31.0 Å². The van der Waals surface area contributed by atoms with Gasteiger partial charge in [-0.25, -0.2) is 9.79 Å². The van der Waals surface area contributed by atoms with Gasteiger partial charge in [0.25, 0.3) is 5.56 Å². The summed E-state index contributed by atoms with van der Waals surface area (Å²) in [5.41, 5.74) is 1.87. The van der Waals surface area contributed by atoms with Crippen molar-refractivity contribution in [1.82, 2.24) is 4.57 Å². The molecule has 1 atom stereocenters. The summed E-state index contributed by atoms with van der Waals surface area (Å²) in [6, 6.07) is 8.16. The summed E-state index contributed by atoms with van der Waals surface area (Å²) in [6.45, 7) is 3.82. The molecule has 11 heteroatoms.